The highest BCUT2D eigenvalue weighted by Crippen LogP contribution is 2.25. The van der Waals surface area contributed by atoms with Crippen molar-refractivity contribution in [3.63, 3.8) is 0 Å². The van der Waals surface area contributed by atoms with Crippen LogP contribution in [0, 0.1) is 6.92 Å². The molecular weight excluding hydrogens is 388 g/mol. The van der Waals surface area contributed by atoms with Crippen molar-refractivity contribution in [2.75, 3.05) is 10.2 Å². The Morgan fingerprint density at radius 3 is 2.13 bits per heavy atom. The van der Waals surface area contributed by atoms with Gasteiger partial charge in [0.15, 0.2) is 5.82 Å². The summed E-state index contributed by atoms with van der Waals surface area (Å²) in [5.74, 6) is 0.956. The number of benzene rings is 3. The molecule has 6 nitrogen and oxygen atoms in total. The normalized spacial score (nSPS) is 10.8. The molecule has 0 bridgehead atoms. The zero-order valence-electron chi connectivity index (χ0n) is 17.7. The zero-order chi connectivity index (χ0) is 21.8. The summed E-state index contributed by atoms with van der Waals surface area (Å²) in [5, 5.41) is 7.17. The van der Waals surface area contributed by atoms with E-state index in [1.54, 1.807) is 24.0 Å². The summed E-state index contributed by atoms with van der Waals surface area (Å²) in [6.07, 6.45) is 0. The maximum atomic E-state index is 13.3. The zero-order valence-corrected chi connectivity index (χ0v) is 17.7. The van der Waals surface area contributed by atoms with Crippen molar-refractivity contribution in [1.82, 2.24) is 10.1 Å². The molecule has 0 unspecified atom stereocenters. The van der Waals surface area contributed by atoms with Crippen LogP contribution in [0.25, 0.3) is 11.5 Å². The topological polar surface area (TPSA) is 71.3 Å². The van der Waals surface area contributed by atoms with E-state index in [1.165, 1.54) is 0 Å². The van der Waals surface area contributed by atoms with E-state index in [4.69, 9.17) is 4.52 Å². The quantitative estimate of drug-likeness (QED) is 0.430. The first kappa shape index (κ1) is 20.3. The molecule has 6 heteroatoms. The molecule has 0 atom stereocenters. The number of para-hydroxylation sites is 1. The van der Waals surface area contributed by atoms with Crippen molar-refractivity contribution in [2.24, 2.45) is 0 Å². The van der Waals surface area contributed by atoms with Gasteiger partial charge in [-0.05, 0) is 81.4 Å². The largest absolute Gasteiger partial charge is 0.356 e. The third-order valence-electron chi connectivity index (χ3n) is 4.85. The monoisotopic (exact) mass is 412 g/mol. The number of aryl methyl sites for hydroxylation is 1. The Hall–Kier alpha value is -3.93. The molecule has 0 radical (unpaired) electrons. The van der Waals surface area contributed by atoms with E-state index in [9.17, 15) is 4.79 Å². The minimum atomic E-state index is -0.0629. The summed E-state index contributed by atoms with van der Waals surface area (Å²) in [5.41, 5.74) is 4.20. The van der Waals surface area contributed by atoms with Crippen molar-refractivity contribution < 1.29 is 9.32 Å². The van der Waals surface area contributed by atoms with Crippen LogP contribution < -0.4 is 10.2 Å². The number of amides is 1. The lowest BCUT2D eigenvalue weighted by Crippen LogP contribution is -2.37. The molecule has 4 rings (SSSR count). The molecule has 0 spiro atoms. The molecule has 0 aliphatic carbocycles. The lowest BCUT2D eigenvalue weighted by atomic mass is 10.1. The molecule has 1 heterocycles. The number of rotatable bonds is 6. The van der Waals surface area contributed by atoms with Crippen LogP contribution in [0.15, 0.2) is 83.4 Å². The van der Waals surface area contributed by atoms with E-state index in [-0.39, 0.29) is 11.9 Å². The summed E-state index contributed by atoms with van der Waals surface area (Å²) >= 11 is 0. The fourth-order valence-corrected chi connectivity index (χ4v) is 3.35. The fraction of sp³-hybridized carbons (Fsp3) is 0.160. The second kappa shape index (κ2) is 8.83. The van der Waals surface area contributed by atoms with Crippen molar-refractivity contribution >= 4 is 23.0 Å². The molecule has 0 saturated heterocycles. The van der Waals surface area contributed by atoms with Gasteiger partial charge in [-0.2, -0.15) is 4.98 Å². The van der Waals surface area contributed by atoms with Crippen LogP contribution in [0.3, 0.4) is 0 Å². The summed E-state index contributed by atoms with van der Waals surface area (Å²) in [7, 11) is 0. The lowest BCUT2D eigenvalue weighted by Gasteiger charge is -2.27. The summed E-state index contributed by atoms with van der Waals surface area (Å²) in [6.45, 7) is 5.78. The SMILES string of the molecule is Cc1noc(-c2ccc(C(=O)N(c3ccc(Nc4ccccc4)cc3)C(C)C)cc2)n1. The van der Waals surface area contributed by atoms with Gasteiger partial charge in [-0.1, -0.05) is 23.4 Å². The van der Waals surface area contributed by atoms with Gasteiger partial charge in [-0.25, -0.2) is 0 Å². The number of anilines is 3. The third-order valence-corrected chi connectivity index (χ3v) is 4.85. The Morgan fingerprint density at radius 2 is 1.55 bits per heavy atom. The molecule has 0 fully saturated rings. The Morgan fingerprint density at radius 1 is 0.903 bits per heavy atom. The van der Waals surface area contributed by atoms with E-state index in [0.29, 0.717) is 17.3 Å². The lowest BCUT2D eigenvalue weighted by molar-refractivity contribution is 0.0980. The Kier molecular flexibility index (Phi) is 5.80. The molecule has 0 aliphatic heterocycles. The minimum absolute atomic E-state index is 0.00120. The number of carbonyl (C=O) groups is 1. The first-order valence-corrected chi connectivity index (χ1v) is 10.2. The number of carbonyl (C=O) groups excluding carboxylic acids is 1. The van der Waals surface area contributed by atoms with Crippen molar-refractivity contribution in [3.8, 4) is 11.5 Å². The highest BCUT2D eigenvalue weighted by atomic mass is 16.5. The van der Waals surface area contributed by atoms with Crippen molar-refractivity contribution in [1.29, 1.82) is 0 Å². The van der Waals surface area contributed by atoms with Gasteiger partial charge in [-0.15, -0.1) is 0 Å². The predicted molar refractivity (Wildman–Crippen MR) is 123 cm³/mol. The van der Waals surface area contributed by atoms with E-state index in [1.807, 2.05) is 80.6 Å². The van der Waals surface area contributed by atoms with Crippen LogP contribution in [-0.4, -0.2) is 22.1 Å². The number of hydrogen-bond donors (Lipinski definition) is 1. The van der Waals surface area contributed by atoms with E-state index < -0.39 is 0 Å². The van der Waals surface area contributed by atoms with Crippen LogP contribution >= 0.6 is 0 Å². The highest BCUT2D eigenvalue weighted by molar-refractivity contribution is 6.06. The van der Waals surface area contributed by atoms with Crippen LogP contribution in [0.4, 0.5) is 17.1 Å². The van der Waals surface area contributed by atoms with Gasteiger partial charge in [0.25, 0.3) is 11.8 Å². The maximum absolute atomic E-state index is 13.3. The van der Waals surface area contributed by atoms with E-state index >= 15 is 0 Å². The van der Waals surface area contributed by atoms with Gasteiger partial charge in [0, 0.05) is 34.2 Å². The van der Waals surface area contributed by atoms with Crippen LogP contribution in [0.2, 0.25) is 0 Å². The molecule has 156 valence electrons. The van der Waals surface area contributed by atoms with Gasteiger partial charge < -0.3 is 14.7 Å². The Labute approximate surface area is 181 Å². The molecule has 1 N–H and O–H groups in total. The van der Waals surface area contributed by atoms with Gasteiger partial charge in [0.1, 0.15) is 0 Å². The number of hydrogen-bond acceptors (Lipinski definition) is 5. The molecule has 4 aromatic rings. The molecule has 0 saturated carbocycles. The van der Waals surface area contributed by atoms with Gasteiger partial charge in [0.2, 0.25) is 0 Å². The van der Waals surface area contributed by atoms with E-state index in [2.05, 4.69) is 15.5 Å². The van der Waals surface area contributed by atoms with Crippen LogP contribution in [-0.2, 0) is 0 Å². The molecule has 31 heavy (non-hydrogen) atoms. The second-order valence-electron chi connectivity index (χ2n) is 7.53. The first-order valence-electron chi connectivity index (χ1n) is 10.2. The standard InChI is InChI=1S/C25H24N4O2/c1-17(2)29(23-15-13-22(14-16-23)27-21-7-5-4-6-8-21)25(30)20-11-9-19(10-12-20)24-26-18(3)28-31-24/h4-17,27H,1-3H3. The highest BCUT2D eigenvalue weighted by Gasteiger charge is 2.21. The van der Waals surface area contributed by atoms with Crippen molar-refractivity contribution in [3.05, 3.63) is 90.3 Å². The average Bonchev–Trinajstić information content (AvgIpc) is 3.22. The van der Waals surface area contributed by atoms with Crippen LogP contribution in [0.1, 0.15) is 30.0 Å². The molecular formula is C25H24N4O2. The van der Waals surface area contributed by atoms with Gasteiger partial charge in [0.05, 0.1) is 0 Å². The Bertz CT molecular complexity index is 1150. The summed E-state index contributed by atoms with van der Waals surface area (Å²) in [4.78, 5) is 19.3. The maximum Gasteiger partial charge on any atom is 0.258 e. The Balaban J connectivity index is 1.53. The predicted octanol–water partition coefficient (Wildman–Crippen LogP) is 5.84. The third kappa shape index (κ3) is 4.64. The average molecular weight is 412 g/mol. The molecule has 0 aliphatic rings. The molecule has 1 aromatic heterocycles. The van der Waals surface area contributed by atoms with Gasteiger partial charge in [-0.3, -0.25) is 4.79 Å². The minimum Gasteiger partial charge on any atom is -0.356 e. The van der Waals surface area contributed by atoms with Gasteiger partial charge >= 0.3 is 0 Å². The number of nitrogens with zero attached hydrogens (tertiary/aromatic N) is 3. The fourth-order valence-electron chi connectivity index (χ4n) is 3.35. The van der Waals surface area contributed by atoms with Crippen LogP contribution in [0.5, 0.6) is 0 Å². The molecule has 1 amide bonds. The summed E-state index contributed by atoms with van der Waals surface area (Å²) < 4.78 is 5.20. The van der Waals surface area contributed by atoms with Crippen molar-refractivity contribution in [2.45, 2.75) is 26.8 Å². The second-order valence-corrected chi connectivity index (χ2v) is 7.53. The summed E-state index contributed by atoms with van der Waals surface area (Å²) in [6, 6.07) is 25.1. The first-order chi connectivity index (χ1) is 15.0. The number of aromatic nitrogens is 2. The van der Waals surface area contributed by atoms with E-state index in [0.717, 1.165) is 22.6 Å². The molecule has 3 aromatic carbocycles. The number of nitrogens with one attached hydrogen (secondary N) is 1. The smallest absolute Gasteiger partial charge is 0.258 e.